The predicted octanol–water partition coefficient (Wildman–Crippen LogP) is 4.42. The number of halogens is 3. The molecule has 1 aromatic heterocycles. The minimum Gasteiger partial charge on any atom is -0.486 e. The molecule has 0 aliphatic rings. The highest BCUT2D eigenvalue weighted by atomic mass is 79.9. The Balaban J connectivity index is 2.19. The highest BCUT2D eigenvalue weighted by Gasteiger charge is 2.09. The highest BCUT2D eigenvalue weighted by molar-refractivity contribution is 9.11. The van der Waals surface area contributed by atoms with E-state index in [4.69, 9.17) is 22.1 Å². The van der Waals surface area contributed by atoms with Gasteiger partial charge >= 0.3 is 0 Å². The number of pyridine rings is 1. The van der Waals surface area contributed by atoms with Crippen molar-refractivity contribution in [3.63, 3.8) is 0 Å². The van der Waals surface area contributed by atoms with Gasteiger partial charge in [-0.15, -0.1) is 0 Å². The molecule has 0 aliphatic carbocycles. The Bertz CT molecular complexity index is 555. The van der Waals surface area contributed by atoms with Crippen LogP contribution in [0.3, 0.4) is 0 Å². The summed E-state index contributed by atoms with van der Waals surface area (Å²) in [4.78, 5) is 3.92. The van der Waals surface area contributed by atoms with E-state index in [2.05, 4.69) is 36.8 Å². The molecular formula is C12H9Br2ClN2O. The average Bonchev–Trinajstić information content (AvgIpc) is 2.30. The number of nitrogen functional groups attached to an aromatic ring is 1. The summed E-state index contributed by atoms with van der Waals surface area (Å²) in [7, 11) is 0. The van der Waals surface area contributed by atoms with Crippen LogP contribution in [0.5, 0.6) is 5.75 Å². The summed E-state index contributed by atoms with van der Waals surface area (Å²) in [5.41, 5.74) is 7.25. The quantitative estimate of drug-likeness (QED) is 0.787. The molecular weight excluding hydrogens is 383 g/mol. The topological polar surface area (TPSA) is 48.1 Å². The molecule has 0 saturated carbocycles. The monoisotopic (exact) mass is 390 g/mol. The predicted molar refractivity (Wildman–Crippen MR) is 79.8 cm³/mol. The second-order valence-electron chi connectivity index (χ2n) is 3.57. The molecule has 3 nitrogen and oxygen atoms in total. The minimum atomic E-state index is 0.364. The Morgan fingerprint density at radius 1 is 1.28 bits per heavy atom. The maximum absolute atomic E-state index is 6.01. The van der Waals surface area contributed by atoms with Crippen LogP contribution in [0.15, 0.2) is 39.5 Å². The molecule has 0 atom stereocenters. The molecule has 1 aromatic carbocycles. The molecule has 94 valence electrons. The maximum Gasteiger partial charge on any atom is 0.148 e. The molecule has 0 aliphatic heterocycles. The van der Waals surface area contributed by atoms with Crippen LogP contribution in [-0.4, -0.2) is 4.98 Å². The van der Waals surface area contributed by atoms with Crippen LogP contribution < -0.4 is 10.5 Å². The van der Waals surface area contributed by atoms with Gasteiger partial charge in [-0.1, -0.05) is 11.6 Å². The molecule has 0 radical (unpaired) electrons. The molecule has 18 heavy (non-hydrogen) atoms. The molecule has 2 N–H and O–H groups in total. The van der Waals surface area contributed by atoms with Crippen molar-refractivity contribution in [3.05, 3.63) is 50.1 Å². The molecule has 1 heterocycles. The summed E-state index contributed by atoms with van der Waals surface area (Å²) in [6.45, 7) is 0.364. The Hall–Kier alpha value is -0.780. The van der Waals surface area contributed by atoms with Gasteiger partial charge in [0, 0.05) is 23.6 Å². The number of ether oxygens (including phenoxy) is 1. The first kappa shape index (κ1) is 13.6. The number of hydrogen-bond donors (Lipinski definition) is 1. The van der Waals surface area contributed by atoms with Crippen LogP contribution in [0, 0.1) is 0 Å². The minimum absolute atomic E-state index is 0.364. The Morgan fingerprint density at radius 3 is 2.56 bits per heavy atom. The number of anilines is 1. The van der Waals surface area contributed by atoms with Crippen LogP contribution in [-0.2, 0) is 6.61 Å². The summed E-state index contributed by atoms with van der Waals surface area (Å²) in [6.07, 6.45) is 3.27. The largest absolute Gasteiger partial charge is 0.486 e. The van der Waals surface area contributed by atoms with E-state index in [-0.39, 0.29) is 0 Å². The SMILES string of the molecule is Nc1cc(Br)c(OCc2ccncc2Cl)c(Br)c1. The van der Waals surface area contributed by atoms with E-state index in [1.807, 2.05) is 6.07 Å². The van der Waals surface area contributed by atoms with Crippen LogP contribution in [0.4, 0.5) is 5.69 Å². The third-order valence-electron chi connectivity index (χ3n) is 2.25. The standard InChI is InChI=1S/C12H9Br2ClN2O/c13-9-3-8(16)4-10(14)12(9)18-6-7-1-2-17-5-11(7)15/h1-5H,6,16H2. The summed E-state index contributed by atoms with van der Waals surface area (Å²) in [5.74, 6) is 0.692. The Morgan fingerprint density at radius 2 is 1.94 bits per heavy atom. The zero-order valence-corrected chi connectivity index (χ0v) is 13.1. The molecule has 2 rings (SSSR count). The smallest absolute Gasteiger partial charge is 0.148 e. The maximum atomic E-state index is 6.01. The Kier molecular flexibility index (Phi) is 4.48. The molecule has 0 spiro atoms. The van der Waals surface area contributed by atoms with Crippen LogP contribution in [0.2, 0.25) is 5.02 Å². The van der Waals surface area contributed by atoms with Crippen molar-refractivity contribution in [1.82, 2.24) is 4.98 Å². The van der Waals surface area contributed by atoms with E-state index < -0.39 is 0 Å². The van der Waals surface area contributed by atoms with Gasteiger partial charge in [0.05, 0.1) is 14.0 Å². The van der Waals surface area contributed by atoms with Crippen molar-refractivity contribution in [3.8, 4) is 5.75 Å². The fraction of sp³-hybridized carbons (Fsp3) is 0.0833. The van der Waals surface area contributed by atoms with E-state index in [0.717, 1.165) is 14.5 Å². The zero-order chi connectivity index (χ0) is 13.1. The molecule has 0 saturated heterocycles. The van der Waals surface area contributed by atoms with Gasteiger partial charge in [0.1, 0.15) is 12.4 Å². The lowest BCUT2D eigenvalue weighted by Crippen LogP contribution is -1.99. The second-order valence-corrected chi connectivity index (χ2v) is 5.69. The molecule has 6 heteroatoms. The third kappa shape index (κ3) is 3.16. The van der Waals surface area contributed by atoms with Gasteiger partial charge in [-0.25, -0.2) is 0 Å². The molecule has 0 unspecified atom stereocenters. The fourth-order valence-electron chi connectivity index (χ4n) is 1.39. The Labute approximate surface area is 127 Å². The summed E-state index contributed by atoms with van der Waals surface area (Å²) in [5, 5.41) is 0.584. The van der Waals surface area contributed by atoms with E-state index in [9.17, 15) is 0 Å². The first-order valence-corrected chi connectivity index (χ1v) is 7.00. The lowest BCUT2D eigenvalue weighted by atomic mass is 10.3. The molecule has 0 fully saturated rings. The lowest BCUT2D eigenvalue weighted by Gasteiger charge is -2.11. The van der Waals surface area contributed by atoms with Crippen molar-refractivity contribution >= 4 is 49.1 Å². The molecule has 2 aromatic rings. The van der Waals surface area contributed by atoms with Crippen molar-refractivity contribution < 1.29 is 4.74 Å². The van der Waals surface area contributed by atoms with Gasteiger partial charge < -0.3 is 10.5 Å². The first-order valence-electron chi connectivity index (χ1n) is 5.03. The third-order valence-corrected chi connectivity index (χ3v) is 3.77. The number of benzene rings is 1. The van der Waals surface area contributed by atoms with Crippen LogP contribution >= 0.6 is 43.5 Å². The van der Waals surface area contributed by atoms with Gasteiger partial charge in [-0.05, 0) is 50.1 Å². The molecule has 0 bridgehead atoms. The van der Waals surface area contributed by atoms with Crippen molar-refractivity contribution in [2.24, 2.45) is 0 Å². The van der Waals surface area contributed by atoms with Gasteiger partial charge in [0.2, 0.25) is 0 Å². The number of rotatable bonds is 3. The van der Waals surface area contributed by atoms with Gasteiger partial charge in [-0.3, -0.25) is 4.98 Å². The fourth-order valence-corrected chi connectivity index (χ4v) is 3.01. The average molecular weight is 392 g/mol. The van der Waals surface area contributed by atoms with Gasteiger partial charge in [-0.2, -0.15) is 0 Å². The van der Waals surface area contributed by atoms with Crippen LogP contribution in [0.1, 0.15) is 5.56 Å². The van der Waals surface area contributed by atoms with Crippen molar-refractivity contribution in [2.75, 3.05) is 5.73 Å². The number of hydrogen-bond acceptors (Lipinski definition) is 3. The molecule has 0 amide bonds. The number of nitrogens with two attached hydrogens (primary N) is 1. The van der Waals surface area contributed by atoms with Gasteiger partial charge in [0.15, 0.2) is 0 Å². The zero-order valence-electron chi connectivity index (χ0n) is 9.16. The highest BCUT2D eigenvalue weighted by Crippen LogP contribution is 2.36. The summed E-state index contributed by atoms with van der Waals surface area (Å²) >= 11 is 12.8. The number of aromatic nitrogens is 1. The van der Waals surface area contributed by atoms with Crippen molar-refractivity contribution in [2.45, 2.75) is 6.61 Å². The number of nitrogens with zero attached hydrogens (tertiary/aromatic N) is 1. The van der Waals surface area contributed by atoms with E-state index >= 15 is 0 Å². The normalized spacial score (nSPS) is 10.4. The summed E-state index contributed by atoms with van der Waals surface area (Å²) < 4.78 is 7.31. The summed E-state index contributed by atoms with van der Waals surface area (Å²) in [6, 6.07) is 5.39. The lowest BCUT2D eigenvalue weighted by molar-refractivity contribution is 0.302. The van der Waals surface area contributed by atoms with E-state index in [1.54, 1.807) is 24.5 Å². The van der Waals surface area contributed by atoms with E-state index in [0.29, 0.717) is 23.1 Å². The second kappa shape index (κ2) is 5.91. The first-order chi connectivity index (χ1) is 8.58. The van der Waals surface area contributed by atoms with Crippen LogP contribution in [0.25, 0.3) is 0 Å². The van der Waals surface area contributed by atoms with Gasteiger partial charge in [0.25, 0.3) is 0 Å². The van der Waals surface area contributed by atoms with E-state index in [1.165, 1.54) is 0 Å². The van der Waals surface area contributed by atoms with Crippen molar-refractivity contribution in [1.29, 1.82) is 0 Å².